The summed E-state index contributed by atoms with van der Waals surface area (Å²) in [6.07, 6.45) is -3.74. The van der Waals surface area contributed by atoms with E-state index in [0.29, 0.717) is 11.1 Å². The predicted molar refractivity (Wildman–Crippen MR) is 142 cm³/mol. The fourth-order valence-electron chi connectivity index (χ4n) is 4.14. The SMILES string of the molecule is Nc1ccc(OP(=O)(O)OP(=O)(O)OP(=O)(O)OC[C@H]2O[C@@H](n3cnc4c(N)ncnc43)[C@H](O)[C@@H]2O)c2ccccc12. The normalized spacial score (nSPS) is 25.2. The molecule has 0 aliphatic carbocycles. The lowest BCUT2D eigenvalue weighted by Gasteiger charge is -2.20. The molecule has 1 aliphatic rings. The quantitative estimate of drug-likeness (QED) is 0.0938. The molecule has 0 saturated carbocycles. The molecular weight excluding hydrogens is 625 g/mol. The molecule has 42 heavy (non-hydrogen) atoms. The number of nitrogen functional groups attached to an aromatic ring is 2. The summed E-state index contributed by atoms with van der Waals surface area (Å²) in [5.74, 6) is -0.213. The molecule has 9 N–H and O–H groups in total. The number of nitrogens with two attached hydrogens (primary N) is 2. The Balaban J connectivity index is 1.22. The molecule has 1 saturated heterocycles. The fourth-order valence-corrected chi connectivity index (χ4v) is 7.67. The third-order valence-electron chi connectivity index (χ3n) is 5.94. The van der Waals surface area contributed by atoms with Gasteiger partial charge in [0.1, 0.15) is 35.9 Å². The first-order valence-electron chi connectivity index (χ1n) is 11.6. The van der Waals surface area contributed by atoms with Crippen molar-refractivity contribution in [2.75, 3.05) is 18.1 Å². The van der Waals surface area contributed by atoms with Crippen molar-refractivity contribution in [2.45, 2.75) is 24.5 Å². The van der Waals surface area contributed by atoms with Gasteiger partial charge in [-0.25, -0.2) is 28.6 Å². The Morgan fingerprint density at radius 1 is 0.881 bits per heavy atom. The molecule has 1 fully saturated rings. The van der Waals surface area contributed by atoms with Crippen molar-refractivity contribution in [3.8, 4) is 5.75 Å². The number of aromatic nitrogens is 4. The molecule has 7 atom stereocenters. The summed E-state index contributed by atoms with van der Waals surface area (Å²) in [6, 6.07) is 8.86. The molecule has 19 nitrogen and oxygen atoms in total. The standard InChI is InChI=1S/C20H23N6O13P3/c21-12-5-6-13(11-4-2-1-3-10(11)12)37-41(31,32)39-42(33,34)38-40(29,30)35-7-14-16(27)17(28)20(36-14)26-9-25-15-18(22)23-8-24-19(15)26/h1-6,8-9,14,16-17,20,27-28H,7,21H2,(H,29,30)(H,31,32)(H,33,34)(H2,22,23,24)/t14-,16-,17-,20-/m1/s1. The lowest BCUT2D eigenvalue weighted by molar-refractivity contribution is -0.0503. The highest BCUT2D eigenvalue weighted by atomic mass is 31.3. The molecule has 0 radical (unpaired) electrons. The van der Waals surface area contributed by atoms with Gasteiger partial charge in [-0.2, -0.15) is 8.62 Å². The van der Waals surface area contributed by atoms with E-state index in [1.54, 1.807) is 18.2 Å². The largest absolute Gasteiger partial charge is 0.536 e. The molecule has 3 unspecified atom stereocenters. The minimum Gasteiger partial charge on any atom is -0.403 e. The van der Waals surface area contributed by atoms with E-state index < -0.39 is 54.6 Å². The third kappa shape index (κ3) is 6.33. The van der Waals surface area contributed by atoms with E-state index in [1.807, 2.05) is 0 Å². The highest BCUT2D eigenvalue weighted by Gasteiger charge is 2.47. The summed E-state index contributed by atoms with van der Waals surface area (Å²) in [7, 11) is -16.8. The first kappa shape index (κ1) is 30.4. The van der Waals surface area contributed by atoms with Gasteiger partial charge < -0.3 is 40.7 Å². The summed E-state index contributed by atoms with van der Waals surface area (Å²) in [6.45, 7) is -0.961. The van der Waals surface area contributed by atoms with Crippen molar-refractivity contribution in [2.24, 2.45) is 0 Å². The second-order valence-corrected chi connectivity index (χ2v) is 13.3. The van der Waals surface area contributed by atoms with Gasteiger partial charge in [0.2, 0.25) is 0 Å². The second kappa shape index (κ2) is 11.2. The molecule has 1 aliphatic heterocycles. The van der Waals surface area contributed by atoms with Gasteiger partial charge in [0.15, 0.2) is 17.7 Å². The second-order valence-electron chi connectivity index (χ2n) is 8.78. The van der Waals surface area contributed by atoms with E-state index in [2.05, 4.69) is 28.1 Å². The van der Waals surface area contributed by atoms with Crippen molar-refractivity contribution in [1.82, 2.24) is 19.5 Å². The van der Waals surface area contributed by atoms with Gasteiger partial charge in [-0.15, -0.1) is 0 Å². The lowest BCUT2D eigenvalue weighted by atomic mass is 10.1. The Morgan fingerprint density at radius 2 is 1.57 bits per heavy atom. The van der Waals surface area contributed by atoms with E-state index in [1.165, 1.54) is 29.1 Å². The number of fused-ring (bicyclic) bond motifs is 2. The number of anilines is 2. The summed E-state index contributed by atoms with van der Waals surface area (Å²) >= 11 is 0. The summed E-state index contributed by atoms with van der Waals surface area (Å²) in [5.41, 5.74) is 12.2. The van der Waals surface area contributed by atoms with Gasteiger partial charge in [0.05, 0.1) is 12.9 Å². The maximum Gasteiger partial charge on any atom is 0.536 e. The zero-order valence-corrected chi connectivity index (χ0v) is 23.6. The van der Waals surface area contributed by atoms with Gasteiger partial charge in [-0.05, 0) is 12.1 Å². The van der Waals surface area contributed by atoms with Gasteiger partial charge in [-0.3, -0.25) is 14.0 Å². The van der Waals surface area contributed by atoms with Crippen LogP contribution in [0.25, 0.3) is 21.9 Å². The van der Waals surface area contributed by atoms with Crippen LogP contribution in [0.2, 0.25) is 0 Å². The maximum absolute atomic E-state index is 12.5. The van der Waals surface area contributed by atoms with Crippen LogP contribution in [-0.4, -0.2) is 69.3 Å². The number of nitrogens with zero attached hydrogens (tertiary/aromatic N) is 4. The Hall–Kier alpha value is -3.02. The van der Waals surface area contributed by atoms with Crippen molar-refractivity contribution < 1.29 is 61.0 Å². The van der Waals surface area contributed by atoms with Crippen LogP contribution in [0.1, 0.15) is 6.23 Å². The molecule has 3 heterocycles. The van der Waals surface area contributed by atoms with Crippen LogP contribution in [0, 0.1) is 0 Å². The average molecular weight is 648 g/mol. The number of phosphoric acid groups is 3. The van der Waals surface area contributed by atoms with Crippen molar-refractivity contribution in [1.29, 1.82) is 0 Å². The number of hydrogen-bond donors (Lipinski definition) is 7. The van der Waals surface area contributed by atoms with Gasteiger partial charge >= 0.3 is 23.5 Å². The van der Waals surface area contributed by atoms with E-state index in [4.69, 9.17) is 20.7 Å². The van der Waals surface area contributed by atoms with E-state index in [0.717, 1.165) is 6.33 Å². The Morgan fingerprint density at radius 3 is 2.31 bits per heavy atom. The number of aliphatic hydroxyl groups is 2. The lowest BCUT2D eigenvalue weighted by Crippen LogP contribution is -2.33. The smallest absolute Gasteiger partial charge is 0.403 e. The zero-order valence-electron chi connectivity index (χ0n) is 20.9. The van der Waals surface area contributed by atoms with Crippen LogP contribution in [0.5, 0.6) is 5.75 Å². The van der Waals surface area contributed by atoms with Gasteiger partial charge in [0.25, 0.3) is 0 Å². The number of benzene rings is 2. The Bertz CT molecular complexity index is 1790. The number of phosphoric ester groups is 2. The van der Waals surface area contributed by atoms with E-state index in [-0.39, 0.29) is 28.1 Å². The van der Waals surface area contributed by atoms with Crippen LogP contribution >= 0.6 is 23.5 Å². The minimum atomic E-state index is -5.81. The average Bonchev–Trinajstić information content (AvgIpc) is 3.45. The first-order valence-corrected chi connectivity index (χ1v) is 16.1. The van der Waals surface area contributed by atoms with Crippen molar-refractivity contribution in [3.05, 3.63) is 49.1 Å². The van der Waals surface area contributed by atoms with Crippen molar-refractivity contribution in [3.63, 3.8) is 0 Å². The Kier molecular flexibility index (Phi) is 8.15. The van der Waals surface area contributed by atoms with Crippen LogP contribution in [-0.2, 0) is 31.6 Å². The topological polar surface area (TPSA) is 294 Å². The van der Waals surface area contributed by atoms with Crippen LogP contribution in [0.3, 0.4) is 0 Å². The number of rotatable bonds is 10. The fraction of sp³-hybridized carbons (Fsp3) is 0.250. The van der Waals surface area contributed by atoms with Gasteiger partial charge in [0, 0.05) is 16.5 Å². The predicted octanol–water partition coefficient (Wildman–Crippen LogP) is 1.19. The van der Waals surface area contributed by atoms with Crippen LogP contribution in [0.15, 0.2) is 49.1 Å². The first-order chi connectivity index (χ1) is 19.7. The van der Waals surface area contributed by atoms with Crippen LogP contribution in [0.4, 0.5) is 11.5 Å². The molecule has 2 aromatic carbocycles. The van der Waals surface area contributed by atoms with Gasteiger partial charge in [-0.1, -0.05) is 24.3 Å². The molecule has 0 bridgehead atoms. The maximum atomic E-state index is 12.5. The summed E-state index contributed by atoms with van der Waals surface area (Å²) in [5, 5.41) is 21.6. The molecule has 22 heteroatoms. The number of imidazole rings is 1. The minimum absolute atomic E-state index is 0.0420. The molecule has 4 aromatic rings. The number of aliphatic hydroxyl groups excluding tert-OH is 2. The third-order valence-corrected chi connectivity index (χ3v) is 10.1. The molecular formula is C20H23N6O13P3. The number of ether oxygens (including phenoxy) is 1. The van der Waals surface area contributed by atoms with Crippen molar-refractivity contribution >= 4 is 56.9 Å². The molecule has 0 amide bonds. The summed E-state index contributed by atoms with van der Waals surface area (Å²) < 4.78 is 61.7. The molecule has 0 spiro atoms. The monoisotopic (exact) mass is 648 g/mol. The van der Waals surface area contributed by atoms with E-state index in [9.17, 15) is 38.6 Å². The molecule has 226 valence electrons. The van der Waals surface area contributed by atoms with Crippen LogP contribution < -0.4 is 16.0 Å². The zero-order chi connectivity index (χ0) is 30.4. The van der Waals surface area contributed by atoms with E-state index >= 15 is 0 Å². The number of hydrogen-bond acceptors (Lipinski definition) is 15. The summed E-state index contributed by atoms with van der Waals surface area (Å²) in [4.78, 5) is 41.7. The highest BCUT2D eigenvalue weighted by Crippen LogP contribution is 2.67. The molecule has 2 aromatic heterocycles. The Labute approximate surface area is 235 Å². The highest BCUT2D eigenvalue weighted by molar-refractivity contribution is 7.67. The molecule has 5 rings (SSSR count).